The first-order chi connectivity index (χ1) is 7.68. The molecule has 3 atom stereocenters. The van der Waals surface area contributed by atoms with Crippen LogP contribution in [0.2, 0.25) is 5.02 Å². The van der Waals surface area contributed by atoms with Crippen LogP contribution in [-0.4, -0.2) is 28.9 Å². The number of aromatic nitrogens is 1. The predicted molar refractivity (Wildman–Crippen MR) is 62.5 cm³/mol. The molecule has 4 heteroatoms. The number of hydrogen-bond acceptors (Lipinski definition) is 3. The Bertz CT molecular complexity index is 359. The SMILES string of the molecule is CC1CCOC1C(O)Cc1ccncc1Cl. The van der Waals surface area contributed by atoms with Crippen molar-refractivity contribution >= 4 is 11.6 Å². The van der Waals surface area contributed by atoms with Gasteiger partial charge in [0.2, 0.25) is 0 Å². The summed E-state index contributed by atoms with van der Waals surface area (Å²) in [5, 5.41) is 10.7. The molecule has 0 amide bonds. The molecule has 1 aromatic rings. The molecule has 0 saturated carbocycles. The molecule has 88 valence electrons. The van der Waals surface area contributed by atoms with Crippen LogP contribution in [0.3, 0.4) is 0 Å². The minimum atomic E-state index is -0.489. The first-order valence-corrected chi connectivity index (χ1v) is 5.94. The van der Waals surface area contributed by atoms with Crippen LogP contribution < -0.4 is 0 Å². The maximum absolute atomic E-state index is 10.1. The van der Waals surface area contributed by atoms with E-state index in [0.717, 1.165) is 18.6 Å². The molecule has 1 aliphatic rings. The molecule has 2 rings (SSSR count). The normalized spacial score (nSPS) is 26.9. The molecule has 3 unspecified atom stereocenters. The van der Waals surface area contributed by atoms with Gasteiger partial charge in [-0.3, -0.25) is 4.98 Å². The largest absolute Gasteiger partial charge is 0.390 e. The van der Waals surface area contributed by atoms with E-state index < -0.39 is 6.10 Å². The summed E-state index contributed by atoms with van der Waals surface area (Å²) in [5.74, 6) is 0.413. The van der Waals surface area contributed by atoms with Gasteiger partial charge in [0.25, 0.3) is 0 Å². The molecule has 3 nitrogen and oxygen atoms in total. The van der Waals surface area contributed by atoms with Crippen molar-refractivity contribution in [2.24, 2.45) is 5.92 Å². The molecular formula is C12H16ClNO2. The lowest BCUT2D eigenvalue weighted by atomic mass is 9.95. The summed E-state index contributed by atoms with van der Waals surface area (Å²) in [7, 11) is 0. The Morgan fingerprint density at radius 3 is 3.12 bits per heavy atom. The molecule has 1 aliphatic heterocycles. The van der Waals surface area contributed by atoms with Crippen LogP contribution in [0.15, 0.2) is 18.5 Å². The molecule has 0 spiro atoms. The van der Waals surface area contributed by atoms with Crippen LogP contribution in [-0.2, 0) is 11.2 Å². The Hall–Kier alpha value is -0.640. The first-order valence-electron chi connectivity index (χ1n) is 5.56. The topological polar surface area (TPSA) is 42.4 Å². The van der Waals surface area contributed by atoms with E-state index in [2.05, 4.69) is 11.9 Å². The zero-order chi connectivity index (χ0) is 11.5. The highest BCUT2D eigenvalue weighted by Gasteiger charge is 2.31. The standard InChI is InChI=1S/C12H16ClNO2/c1-8-3-5-16-12(8)11(15)6-9-2-4-14-7-10(9)13/h2,4,7-8,11-12,15H,3,5-6H2,1H3. The third-order valence-corrected chi connectivity index (χ3v) is 3.45. The smallest absolute Gasteiger partial charge is 0.0863 e. The molecule has 16 heavy (non-hydrogen) atoms. The van der Waals surface area contributed by atoms with E-state index in [0.29, 0.717) is 17.4 Å². The van der Waals surface area contributed by atoms with Crippen LogP contribution in [0.25, 0.3) is 0 Å². The summed E-state index contributed by atoms with van der Waals surface area (Å²) in [6.45, 7) is 2.85. The minimum absolute atomic E-state index is 0.0655. The molecule has 2 heterocycles. The third kappa shape index (κ3) is 2.54. The number of hydrogen-bond donors (Lipinski definition) is 1. The number of pyridine rings is 1. The number of aliphatic hydroxyl groups is 1. The van der Waals surface area contributed by atoms with Crippen molar-refractivity contribution in [2.45, 2.75) is 32.0 Å². The third-order valence-electron chi connectivity index (χ3n) is 3.11. The summed E-state index contributed by atoms with van der Waals surface area (Å²) in [4.78, 5) is 3.92. The number of ether oxygens (including phenoxy) is 1. The lowest BCUT2D eigenvalue weighted by Gasteiger charge is -2.21. The Morgan fingerprint density at radius 1 is 1.69 bits per heavy atom. The second-order valence-corrected chi connectivity index (χ2v) is 4.75. The first kappa shape index (κ1) is 11.8. The molecule has 0 radical (unpaired) electrons. The zero-order valence-electron chi connectivity index (χ0n) is 9.27. The van der Waals surface area contributed by atoms with Gasteiger partial charge >= 0.3 is 0 Å². The van der Waals surface area contributed by atoms with Crippen molar-refractivity contribution in [3.63, 3.8) is 0 Å². The summed E-state index contributed by atoms with van der Waals surface area (Å²) in [6.07, 6.45) is 4.28. The van der Waals surface area contributed by atoms with Crippen LogP contribution in [0, 0.1) is 5.92 Å². The minimum Gasteiger partial charge on any atom is -0.390 e. The van der Waals surface area contributed by atoms with Crippen LogP contribution in [0.4, 0.5) is 0 Å². The Morgan fingerprint density at radius 2 is 2.50 bits per heavy atom. The van der Waals surface area contributed by atoms with Crippen molar-refractivity contribution in [3.05, 3.63) is 29.0 Å². The fourth-order valence-electron chi connectivity index (χ4n) is 2.12. The number of aliphatic hydroxyl groups excluding tert-OH is 1. The molecule has 1 aromatic heterocycles. The summed E-state index contributed by atoms with van der Waals surface area (Å²) in [6, 6.07) is 1.84. The van der Waals surface area contributed by atoms with E-state index in [4.69, 9.17) is 16.3 Å². The maximum Gasteiger partial charge on any atom is 0.0863 e. The lowest BCUT2D eigenvalue weighted by molar-refractivity contribution is -0.0157. The summed E-state index contributed by atoms with van der Waals surface area (Å²) >= 11 is 6.00. The predicted octanol–water partition coefficient (Wildman–Crippen LogP) is 2.06. The van der Waals surface area contributed by atoms with Gasteiger partial charge in [-0.25, -0.2) is 0 Å². The number of halogens is 1. The molecule has 1 N–H and O–H groups in total. The molecule has 1 saturated heterocycles. The van der Waals surface area contributed by atoms with Gasteiger partial charge in [0.1, 0.15) is 0 Å². The highest BCUT2D eigenvalue weighted by Crippen LogP contribution is 2.26. The second kappa shape index (κ2) is 5.13. The molecule has 0 aliphatic carbocycles. The van der Waals surface area contributed by atoms with Gasteiger partial charge in [-0.15, -0.1) is 0 Å². The maximum atomic E-state index is 10.1. The zero-order valence-corrected chi connectivity index (χ0v) is 10.0. The van der Waals surface area contributed by atoms with E-state index in [-0.39, 0.29) is 6.10 Å². The molecule has 0 bridgehead atoms. The highest BCUT2D eigenvalue weighted by atomic mass is 35.5. The quantitative estimate of drug-likeness (QED) is 0.881. The number of nitrogens with zero attached hydrogens (tertiary/aromatic N) is 1. The van der Waals surface area contributed by atoms with Gasteiger partial charge < -0.3 is 9.84 Å². The van der Waals surface area contributed by atoms with Crippen LogP contribution in [0.5, 0.6) is 0 Å². The highest BCUT2D eigenvalue weighted by molar-refractivity contribution is 6.31. The molecular weight excluding hydrogens is 226 g/mol. The Kier molecular flexibility index (Phi) is 3.79. The molecule has 1 fully saturated rings. The van der Waals surface area contributed by atoms with Gasteiger partial charge in [0.15, 0.2) is 0 Å². The van der Waals surface area contributed by atoms with Gasteiger partial charge in [-0.05, 0) is 24.0 Å². The fourth-order valence-corrected chi connectivity index (χ4v) is 2.32. The van der Waals surface area contributed by atoms with Gasteiger partial charge in [-0.2, -0.15) is 0 Å². The average Bonchev–Trinajstić information content (AvgIpc) is 2.68. The van der Waals surface area contributed by atoms with Gasteiger partial charge in [0.05, 0.1) is 17.2 Å². The van der Waals surface area contributed by atoms with Crippen molar-refractivity contribution in [1.82, 2.24) is 4.98 Å². The van der Waals surface area contributed by atoms with Crippen LogP contribution >= 0.6 is 11.6 Å². The Labute approximate surface area is 100 Å². The van der Waals surface area contributed by atoms with Crippen molar-refractivity contribution in [3.8, 4) is 0 Å². The summed E-state index contributed by atoms with van der Waals surface area (Å²) in [5.41, 5.74) is 0.923. The Balaban J connectivity index is 2.02. The van der Waals surface area contributed by atoms with Gasteiger partial charge in [0, 0.05) is 25.4 Å². The van der Waals surface area contributed by atoms with E-state index >= 15 is 0 Å². The number of rotatable bonds is 3. The van der Waals surface area contributed by atoms with Crippen molar-refractivity contribution in [2.75, 3.05) is 6.61 Å². The van der Waals surface area contributed by atoms with Crippen LogP contribution in [0.1, 0.15) is 18.9 Å². The summed E-state index contributed by atoms with van der Waals surface area (Å²) < 4.78 is 5.53. The lowest BCUT2D eigenvalue weighted by Crippen LogP contribution is -2.31. The second-order valence-electron chi connectivity index (χ2n) is 4.34. The monoisotopic (exact) mass is 241 g/mol. The van der Waals surface area contributed by atoms with E-state index in [9.17, 15) is 5.11 Å². The van der Waals surface area contributed by atoms with Crippen molar-refractivity contribution in [1.29, 1.82) is 0 Å². The fraction of sp³-hybridized carbons (Fsp3) is 0.583. The molecule has 0 aromatic carbocycles. The van der Waals surface area contributed by atoms with E-state index in [1.807, 2.05) is 6.07 Å². The van der Waals surface area contributed by atoms with Gasteiger partial charge in [-0.1, -0.05) is 18.5 Å². The average molecular weight is 242 g/mol. The van der Waals surface area contributed by atoms with E-state index in [1.54, 1.807) is 12.4 Å². The van der Waals surface area contributed by atoms with Crippen molar-refractivity contribution < 1.29 is 9.84 Å². The van der Waals surface area contributed by atoms with E-state index in [1.165, 1.54) is 0 Å².